The average molecular weight is 280 g/mol. The van der Waals surface area contributed by atoms with Gasteiger partial charge >= 0.3 is 6.09 Å². The van der Waals surface area contributed by atoms with Gasteiger partial charge in [-0.3, -0.25) is 5.32 Å². The van der Waals surface area contributed by atoms with Gasteiger partial charge in [0.2, 0.25) is 0 Å². The van der Waals surface area contributed by atoms with Gasteiger partial charge in [0, 0.05) is 11.6 Å². The number of hydrogen-bond donors (Lipinski definition) is 2. The van der Waals surface area contributed by atoms with Crippen LogP contribution in [0.5, 0.6) is 0 Å². The van der Waals surface area contributed by atoms with Crippen LogP contribution in [-0.4, -0.2) is 43.2 Å². The molecule has 2 N–H and O–H groups in total. The second kappa shape index (κ2) is 5.94. The molecule has 1 aromatic heterocycles. The Morgan fingerprint density at radius 1 is 1.65 bits per heavy atom. The van der Waals surface area contributed by atoms with Crippen LogP contribution in [0, 0.1) is 0 Å². The van der Waals surface area contributed by atoms with E-state index < -0.39 is 15.9 Å². The number of amides is 1. The summed E-state index contributed by atoms with van der Waals surface area (Å²) in [4.78, 5) is 14.2. The van der Waals surface area contributed by atoms with E-state index in [9.17, 15) is 13.2 Å². The van der Waals surface area contributed by atoms with Gasteiger partial charge < -0.3 is 9.84 Å². The Labute approximate surface area is 102 Å². The molecule has 1 amide bonds. The smallest absolute Gasteiger partial charge is 0.410 e. The van der Waals surface area contributed by atoms with Gasteiger partial charge in [0.15, 0.2) is 5.13 Å². The Balaban J connectivity index is 2.32. The Kier molecular flexibility index (Phi) is 4.85. The molecule has 0 aliphatic heterocycles. The van der Waals surface area contributed by atoms with Crippen molar-refractivity contribution in [3.8, 4) is 0 Å². The molecular formula is C8H12N2O5S2. The first-order valence-electron chi connectivity index (χ1n) is 4.56. The van der Waals surface area contributed by atoms with Crippen LogP contribution >= 0.6 is 11.3 Å². The number of ether oxygens (including phenoxy) is 1. The van der Waals surface area contributed by atoms with Crippen LogP contribution in [-0.2, 0) is 21.2 Å². The Morgan fingerprint density at radius 3 is 2.94 bits per heavy atom. The highest BCUT2D eigenvalue weighted by Crippen LogP contribution is 2.15. The van der Waals surface area contributed by atoms with Gasteiger partial charge in [-0.15, -0.1) is 11.3 Å². The molecule has 17 heavy (non-hydrogen) atoms. The average Bonchev–Trinajstić information content (AvgIpc) is 2.58. The summed E-state index contributed by atoms with van der Waals surface area (Å²) in [5.41, 5.74) is 0.562. The van der Waals surface area contributed by atoms with Crippen molar-refractivity contribution in [2.24, 2.45) is 0 Å². The van der Waals surface area contributed by atoms with E-state index in [4.69, 9.17) is 9.84 Å². The molecular weight excluding hydrogens is 268 g/mol. The van der Waals surface area contributed by atoms with Crippen LogP contribution in [0.4, 0.5) is 9.93 Å². The fraction of sp³-hybridized carbons (Fsp3) is 0.500. The maximum Gasteiger partial charge on any atom is 0.410 e. The highest BCUT2D eigenvalue weighted by atomic mass is 32.2. The number of carbonyl (C=O) groups is 1. The minimum absolute atomic E-state index is 0.0443. The third kappa shape index (κ3) is 6.19. The number of aromatic nitrogens is 1. The van der Waals surface area contributed by atoms with Crippen molar-refractivity contribution in [2.75, 3.05) is 23.9 Å². The number of nitrogens with one attached hydrogen (secondary N) is 1. The fourth-order valence-corrected chi connectivity index (χ4v) is 2.01. The minimum atomic E-state index is -3.02. The summed E-state index contributed by atoms with van der Waals surface area (Å²) in [6, 6.07) is 0. The lowest BCUT2D eigenvalue weighted by molar-refractivity contribution is 0.133. The van der Waals surface area contributed by atoms with Crippen LogP contribution in [0.15, 0.2) is 5.38 Å². The molecule has 1 rings (SSSR count). The fourth-order valence-electron chi connectivity index (χ4n) is 0.909. The second-order valence-corrected chi connectivity index (χ2v) is 6.37. The quantitative estimate of drug-likeness (QED) is 0.746. The van der Waals surface area contributed by atoms with Crippen molar-refractivity contribution >= 4 is 32.4 Å². The summed E-state index contributed by atoms with van der Waals surface area (Å²) in [7, 11) is -3.02. The minimum Gasteiger partial charge on any atom is -0.465 e. The summed E-state index contributed by atoms with van der Waals surface area (Å²) in [6.07, 6.45) is -0.0439. The number of rotatable bonds is 6. The van der Waals surface area contributed by atoms with Gasteiger partial charge in [0.05, 0.1) is 24.7 Å². The van der Waals surface area contributed by atoms with Gasteiger partial charge in [-0.1, -0.05) is 0 Å². The zero-order valence-electron chi connectivity index (χ0n) is 9.04. The number of sulfone groups is 1. The van der Waals surface area contributed by atoms with Crippen LogP contribution in [0.25, 0.3) is 0 Å². The number of thiazole rings is 1. The Hall–Kier alpha value is -1.19. The van der Waals surface area contributed by atoms with E-state index in [0.29, 0.717) is 5.69 Å². The summed E-state index contributed by atoms with van der Waals surface area (Å²) in [6.45, 7) is 0.255. The predicted octanol–water partition coefficient (Wildman–Crippen LogP) is 0.794. The molecule has 0 atom stereocenters. The largest absolute Gasteiger partial charge is 0.465 e. The molecule has 96 valence electrons. The van der Waals surface area contributed by atoms with E-state index in [1.165, 1.54) is 0 Å². The summed E-state index contributed by atoms with van der Waals surface area (Å²) >= 11 is 1.14. The number of anilines is 1. The molecule has 0 aliphatic rings. The highest BCUT2D eigenvalue weighted by molar-refractivity contribution is 7.90. The van der Waals surface area contributed by atoms with Crippen LogP contribution in [0.1, 0.15) is 5.69 Å². The molecule has 0 aliphatic carbocycles. The summed E-state index contributed by atoms with van der Waals surface area (Å²) in [5, 5.41) is 12.5. The van der Waals surface area contributed by atoms with Crippen LogP contribution in [0.2, 0.25) is 0 Å². The summed E-state index contributed by atoms with van der Waals surface area (Å²) < 4.78 is 26.7. The molecule has 9 heteroatoms. The maximum atomic E-state index is 10.8. The zero-order chi connectivity index (χ0) is 12.9. The molecule has 0 aromatic carbocycles. The van der Waals surface area contributed by atoms with Crippen molar-refractivity contribution in [2.45, 2.75) is 6.61 Å². The van der Waals surface area contributed by atoms with Gasteiger partial charge in [-0.2, -0.15) is 0 Å². The molecule has 0 saturated carbocycles. The SMILES string of the molecule is CS(=O)(=O)CCOCc1csc(NC(=O)O)n1. The molecule has 1 aromatic rings. The monoisotopic (exact) mass is 280 g/mol. The normalized spacial score (nSPS) is 11.4. The van der Waals surface area contributed by atoms with Crippen LogP contribution in [0.3, 0.4) is 0 Å². The zero-order valence-corrected chi connectivity index (χ0v) is 10.7. The first kappa shape index (κ1) is 13.9. The summed E-state index contributed by atoms with van der Waals surface area (Å²) in [5.74, 6) is -0.0443. The molecule has 7 nitrogen and oxygen atoms in total. The van der Waals surface area contributed by atoms with E-state index in [2.05, 4.69) is 10.3 Å². The third-order valence-electron chi connectivity index (χ3n) is 1.61. The highest BCUT2D eigenvalue weighted by Gasteiger charge is 2.06. The third-order valence-corrected chi connectivity index (χ3v) is 3.33. The Bertz CT molecular complexity index is 482. The Morgan fingerprint density at radius 2 is 2.35 bits per heavy atom. The van der Waals surface area contributed by atoms with Gasteiger partial charge in [-0.25, -0.2) is 18.2 Å². The molecule has 0 saturated heterocycles. The molecule has 0 spiro atoms. The lowest BCUT2D eigenvalue weighted by Crippen LogP contribution is -2.10. The van der Waals surface area contributed by atoms with E-state index in [0.717, 1.165) is 17.6 Å². The van der Waals surface area contributed by atoms with E-state index in [1.807, 2.05) is 0 Å². The lowest BCUT2D eigenvalue weighted by atomic mass is 10.5. The number of nitrogens with zero attached hydrogens (tertiary/aromatic N) is 1. The van der Waals surface area contributed by atoms with E-state index in [1.54, 1.807) is 5.38 Å². The van der Waals surface area contributed by atoms with Crippen molar-refractivity contribution < 1.29 is 23.1 Å². The first-order chi connectivity index (χ1) is 7.87. The van der Waals surface area contributed by atoms with Crippen molar-refractivity contribution in [1.29, 1.82) is 0 Å². The van der Waals surface area contributed by atoms with Gasteiger partial charge in [-0.05, 0) is 0 Å². The van der Waals surface area contributed by atoms with E-state index >= 15 is 0 Å². The number of carboxylic acid groups (broad SMARTS) is 1. The number of hydrogen-bond acceptors (Lipinski definition) is 6. The van der Waals surface area contributed by atoms with Crippen molar-refractivity contribution in [3.05, 3.63) is 11.1 Å². The topological polar surface area (TPSA) is 106 Å². The lowest BCUT2D eigenvalue weighted by Gasteiger charge is -2.00. The van der Waals surface area contributed by atoms with Crippen LogP contribution < -0.4 is 5.32 Å². The molecule has 0 bridgehead atoms. The predicted molar refractivity (Wildman–Crippen MR) is 63.1 cm³/mol. The van der Waals surface area contributed by atoms with Crippen molar-refractivity contribution in [1.82, 2.24) is 4.98 Å². The van der Waals surface area contributed by atoms with E-state index in [-0.39, 0.29) is 24.1 Å². The van der Waals surface area contributed by atoms with Gasteiger partial charge in [0.1, 0.15) is 9.84 Å². The van der Waals surface area contributed by atoms with Crippen molar-refractivity contribution in [3.63, 3.8) is 0 Å². The first-order valence-corrected chi connectivity index (χ1v) is 7.50. The molecule has 1 heterocycles. The molecule has 0 unspecified atom stereocenters. The molecule has 0 radical (unpaired) electrons. The molecule has 0 fully saturated rings. The second-order valence-electron chi connectivity index (χ2n) is 3.26. The van der Waals surface area contributed by atoms with Gasteiger partial charge in [0.25, 0.3) is 0 Å². The standard InChI is InChI=1S/C8H12N2O5S2/c1-17(13,14)3-2-15-4-6-5-16-7(9-6)10-8(11)12/h5H,2-4H2,1H3,(H,9,10)(H,11,12). The maximum absolute atomic E-state index is 10.8.